The second kappa shape index (κ2) is 2.59. The van der Waals surface area contributed by atoms with Crippen LogP contribution in [0.5, 0.6) is 0 Å². The van der Waals surface area contributed by atoms with E-state index in [0.717, 1.165) is 5.56 Å². The van der Waals surface area contributed by atoms with Gasteiger partial charge in [0.05, 0.1) is 0 Å². The largest absolute Gasteiger partial charge is 0.294 e. The van der Waals surface area contributed by atoms with E-state index in [-0.39, 0.29) is 5.78 Å². The van der Waals surface area contributed by atoms with Crippen molar-refractivity contribution < 1.29 is 4.79 Å². The maximum Gasteiger partial charge on any atom is 0.160 e. The third-order valence-electron chi connectivity index (χ3n) is 2.11. The predicted octanol–water partition coefficient (Wildman–Crippen LogP) is 2.13. The van der Waals surface area contributed by atoms with Crippen molar-refractivity contribution in [2.75, 3.05) is 0 Å². The topological polar surface area (TPSA) is 17.1 Å². The molecule has 0 unspecified atom stereocenters. The quantitative estimate of drug-likeness (QED) is 0.565. The molecule has 1 nitrogen and oxygen atoms in total. The van der Waals surface area contributed by atoms with E-state index in [9.17, 15) is 4.79 Å². The van der Waals surface area contributed by atoms with Gasteiger partial charge in [0.1, 0.15) is 0 Å². The second-order valence-electron chi connectivity index (χ2n) is 3.18. The number of allylic oxidation sites excluding steroid dienone is 1. The van der Waals surface area contributed by atoms with Crippen LogP contribution in [0.1, 0.15) is 16.7 Å². The lowest BCUT2D eigenvalue weighted by Crippen LogP contribution is -2.04. The van der Waals surface area contributed by atoms with E-state index in [1.54, 1.807) is 6.08 Å². The van der Waals surface area contributed by atoms with Gasteiger partial charge in [0, 0.05) is 6.42 Å². The zero-order chi connectivity index (χ0) is 8.55. The summed E-state index contributed by atoms with van der Waals surface area (Å²) >= 11 is 0. The number of rotatable bonds is 0. The minimum atomic E-state index is 0.200. The average Bonchev–Trinajstić information content (AvgIpc) is 2.05. The fraction of sp³-hybridized carbons (Fsp3) is 0.182. The minimum Gasteiger partial charge on any atom is -0.294 e. The molecule has 60 valence electrons. The number of carbonyl (C=O) groups excluding carboxylic acids is 1. The van der Waals surface area contributed by atoms with Gasteiger partial charge in [-0.2, -0.15) is 0 Å². The molecule has 0 fully saturated rings. The van der Waals surface area contributed by atoms with E-state index >= 15 is 0 Å². The Kier molecular flexibility index (Phi) is 1.58. The average molecular weight is 158 g/mol. The highest BCUT2D eigenvalue weighted by Gasteiger charge is 2.08. The lowest BCUT2D eigenvalue weighted by molar-refractivity contribution is -0.114. The highest BCUT2D eigenvalue weighted by Crippen LogP contribution is 2.18. The molecule has 0 bridgehead atoms. The van der Waals surface area contributed by atoms with Gasteiger partial charge in [-0.15, -0.1) is 0 Å². The molecule has 0 saturated carbocycles. The number of benzene rings is 1. The maximum absolute atomic E-state index is 11.0. The van der Waals surface area contributed by atoms with Crippen molar-refractivity contribution in [1.82, 2.24) is 0 Å². The number of carbonyl (C=O) groups is 1. The van der Waals surface area contributed by atoms with Crippen molar-refractivity contribution in [3.63, 3.8) is 0 Å². The van der Waals surface area contributed by atoms with Gasteiger partial charge in [-0.3, -0.25) is 4.79 Å². The Hall–Kier alpha value is -1.37. The summed E-state index contributed by atoms with van der Waals surface area (Å²) in [5.74, 6) is 0.200. The molecule has 0 aromatic heterocycles. The van der Waals surface area contributed by atoms with Crippen LogP contribution in [0.25, 0.3) is 6.08 Å². The monoisotopic (exact) mass is 158 g/mol. The number of hydrogen-bond donors (Lipinski definition) is 0. The van der Waals surface area contributed by atoms with E-state index in [0.29, 0.717) is 6.42 Å². The van der Waals surface area contributed by atoms with Crippen LogP contribution in [-0.2, 0) is 11.2 Å². The molecule has 1 aliphatic rings. The van der Waals surface area contributed by atoms with Crippen molar-refractivity contribution in [2.24, 2.45) is 0 Å². The highest BCUT2D eigenvalue weighted by molar-refractivity contribution is 5.98. The van der Waals surface area contributed by atoms with E-state index in [1.165, 1.54) is 11.1 Å². The zero-order valence-corrected chi connectivity index (χ0v) is 7.00. The summed E-state index contributed by atoms with van der Waals surface area (Å²) in [4.78, 5) is 11.0. The van der Waals surface area contributed by atoms with Crippen LogP contribution in [0.3, 0.4) is 0 Å². The Morgan fingerprint density at radius 2 is 2.08 bits per heavy atom. The van der Waals surface area contributed by atoms with Crippen molar-refractivity contribution in [3.05, 3.63) is 41.0 Å². The molecule has 2 rings (SSSR count). The van der Waals surface area contributed by atoms with Crippen LogP contribution in [-0.4, -0.2) is 5.78 Å². The Morgan fingerprint density at radius 3 is 2.92 bits per heavy atom. The van der Waals surface area contributed by atoms with E-state index in [2.05, 4.69) is 13.0 Å². The first-order valence-corrected chi connectivity index (χ1v) is 4.06. The lowest BCUT2D eigenvalue weighted by Gasteiger charge is -2.09. The molecule has 1 aromatic rings. The van der Waals surface area contributed by atoms with Crippen molar-refractivity contribution in [1.29, 1.82) is 0 Å². The first-order chi connectivity index (χ1) is 5.75. The number of ketones is 1. The fourth-order valence-electron chi connectivity index (χ4n) is 1.46. The maximum atomic E-state index is 11.0. The van der Waals surface area contributed by atoms with Crippen LogP contribution < -0.4 is 0 Å². The summed E-state index contributed by atoms with van der Waals surface area (Å²) in [7, 11) is 0. The van der Waals surface area contributed by atoms with Crippen molar-refractivity contribution in [3.8, 4) is 0 Å². The summed E-state index contributed by atoms with van der Waals surface area (Å²) in [5, 5.41) is 0. The van der Waals surface area contributed by atoms with Gasteiger partial charge in [0.25, 0.3) is 0 Å². The van der Waals surface area contributed by atoms with Crippen molar-refractivity contribution >= 4 is 11.9 Å². The molecule has 1 aromatic carbocycles. The molecule has 0 amide bonds. The normalized spacial score (nSPS) is 14.6. The van der Waals surface area contributed by atoms with Crippen LogP contribution in [0, 0.1) is 6.92 Å². The summed E-state index contributed by atoms with van der Waals surface area (Å²) in [6, 6.07) is 6.19. The molecular weight excluding hydrogens is 148 g/mol. The Morgan fingerprint density at radius 1 is 1.25 bits per heavy atom. The van der Waals surface area contributed by atoms with Gasteiger partial charge in [-0.1, -0.05) is 29.8 Å². The molecular formula is C11H10O. The molecule has 0 heterocycles. The first-order valence-electron chi connectivity index (χ1n) is 4.06. The summed E-state index contributed by atoms with van der Waals surface area (Å²) < 4.78 is 0. The lowest BCUT2D eigenvalue weighted by atomic mass is 9.95. The SMILES string of the molecule is Cc1ccc2c(c1)C=CC(=O)C2. The Labute approximate surface area is 71.7 Å². The van der Waals surface area contributed by atoms with Gasteiger partial charge in [0.2, 0.25) is 0 Å². The molecule has 0 radical (unpaired) electrons. The first kappa shape index (κ1) is 7.29. The van der Waals surface area contributed by atoms with Gasteiger partial charge in [0.15, 0.2) is 5.78 Å². The van der Waals surface area contributed by atoms with Crippen LogP contribution >= 0.6 is 0 Å². The van der Waals surface area contributed by atoms with E-state index in [1.807, 2.05) is 18.2 Å². The van der Waals surface area contributed by atoms with Gasteiger partial charge in [-0.25, -0.2) is 0 Å². The highest BCUT2D eigenvalue weighted by atomic mass is 16.1. The molecule has 0 N–H and O–H groups in total. The van der Waals surface area contributed by atoms with Crippen molar-refractivity contribution in [2.45, 2.75) is 13.3 Å². The number of hydrogen-bond acceptors (Lipinski definition) is 1. The summed E-state index contributed by atoms with van der Waals surface area (Å²) in [5.41, 5.74) is 3.58. The fourth-order valence-corrected chi connectivity index (χ4v) is 1.46. The Bertz CT molecular complexity index is 361. The van der Waals surface area contributed by atoms with Gasteiger partial charge < -0.3 is 0 Å². The molecule has 0 saturated heterocycles. The summed E-state index contributed by atoms with van der Waals surface area (Å²) in [6.07, 6.45) is 4.11. The zero-order valence-electron chi connectivity index (χ0n) is 7.00. The molecule has 12 heavy (non-hydrogen) atoms. The Balaban J connectivity index is 2.54. The third-order valence-corrected chi connectivity index (χ3v) is 2.11. The van der Waals surface area contributed by atoms with E-state index < -0.39 is 0 Å². The van der Waals surface area contributed by atoms with Gasteiger partial charge >= 0.3 is 0 Å². The molecule has 0 spiro atoms. The number of fused-ring (bicyclic) bond motifs is 1. The molecule has 1 aliphatic carbocycles. The van der Waals surface area contributed by atoms with Crippen LogP contribution in [0.2, 0.25) is 0 Å². The minimum absolute atomic E-state index is 0.200. The second-order valence-corrected chi connectivity index (χ2v) is 3.18. The molecule has 0 aliphatic heterocycles. The van der Waals surface area contributed by atoms with Crippen LogP contribution in [0.15, 0.2) is 24.3 Å². The van der Waals surface area contributed by atoms with E-state index in [4.69, 9.17) is 0 Å². The standard InChI is InChI=1S/C11H10O/c1-8-2-3-10-7-11(12)5-4-9(10)6-8/h2-6H,7H2,1H3. The molecule has 0 atom stereocenters. The predicted molar refractivity (Wildman–Crippen MR) is 48.9 cm³/mol. The smallest absolute Gasteiger partial charge is 0.160 e. The third kappa shape index (κ3) is 1.18. The molecule has 1 heteroatoms. The summed E-state index contributed by atoms with van der Waals surface area (Å²) in [6.45, 7) is 2.06. The van der Waals surface area contributed by atoms with Gasteiger partial charge in [-0.05, 0) is 24.1 Å². The van der Waals surface area contributed by atoms with Crippen LogP contribution in [0.4, 0.5) is 0 Å². The number of aryl methyl sites for hydroxylation is 1.